The SMILES string of the molecule is C=C/C=C(/CCBr)SC(=O)OC. The van der Waals surface area contributed by atoms with Crippen LogP contribution in [0.1, 0.15) is 6.42 Å². The Balaban J connectivity index is 4.03. The molecule has 0 heterocycles. The lowest BCUT2D eigenvalue weighted by Crippen LogP contribution is -1.92. The Hall–Kier alpha value is -0.220. The third-order valence-corrected chi connectivity index (χ3v) is 2.36. The van der Waals surface area contributed by atoms with Crippen LogP contribution in [0.25, 0.3) is 0 Å². The standard InChI is InChI=1S/C8H11BrO2S/c1-3-4-7(5-6-9)12-8(10)11-2/h3-4H,1,5-6H2,2H3/b7-4-. The van der Waals surface area contributed by atoms with Gasteiger partial charge in [0, 0.05) is 5.33 Å². The average molecular weight is 251 g/mol. The van der Waals surface area contributed by atoms with Gasteiger partial charge in [0.1, 0.15) is 0 Å². The first-order chi connectivity index (χ1) is 5.74. The Kier molecular flexibility index (Phi) is 7.29. The van der Waals surface area contributed by atoms with E-state index >= 15 is 0 Å². The average Bonchev–Trinajstić information content (AvgIpc) is 2.05. The summed E-state index contributed by atoms with van der Waals surface area (Å²) in [6, 6.07) is 0. The number of halogens is 1. The molecular formula is C8H11BrO2S. The van der Waals surface area contributed by atoms with Crippen LogP contribution in [0.4, 0.5) is 4.79 Å². The summed E-state index contributed by atoms with van der Waals surface area (Å²) in [7, 11) is 1.37. The van der Waals surface area contributed by atoms with Crippen molar-refractivity contribution in [2.75, 3.05) is 12.4 Å². The van der Waals surface area contributed by atoms with Crippen LogP contribution in [0, 0.1) is 0 Å². The molecule has 0 spiro atoms. The maximum absolute atomic E-state index is 10.8. The number of carbonyl (C=O) groups excluding carboxylic acids is 1. The van der Waals surface area contributed by atoms with Gasteiger partial charge in [-0.2, -0.15) is 0 Å². The lowest BCUT2D eigenvalue weighted by Gasteiger charge is -2.01. The Morgan fingerprint density at radius 1 is 1.75 bits per heavy atom. The van der Waals surface area contributed by atoms with Crippen LogP contribution in [0.3, 0.4) is 0 Å². The van der Waals surface area contributed by atoms with Crippen LogP contribution in [0.15, 0.2) is 23.6 Å². The summed E-state index contributed by atoms with van der Waals surface area (Å²) < 4.78 is 4.51. The minimum absolute atomic E-state index is 0.288. The number of thioether (sulfide) groups is 1. The van der Waals surface area contributed by atoms with Crippen molar-refractivity contribution in [3.8, 4) is 0 Å². The second-order valence-corrected chi connectivity index (χ2v) is 3.72. The molecule has 0 saturated heterocycles. The Bertz CT molecular complexity index is 189. The summed E-state index contributed by atoms with van der Waals surface area (Å²) in [6.07, 6.45) is 4.28. The first-order valence-corrected chi connectivity index (χ1v) is 5.31. The molecule has 0 aliphatic carbocycles. The molecule has 0 fully saturated rings. The van der Waals surface area contributed by atoms with E-state index in [9.17, 15) is 4.79 Å². The van der Waals surface area contributed by atoms with Crippen LogP contribution < -0.4 is 0 Å². The Morgan fingerprint density at radius 3 is 2.83 bits per heavy atom. The largest absolute Gasteiger partial charge is 0.461 e. The normalized spacial score (nSPS) is 11.0. The molecule has 0 aliphatic heterocycles. The molecular weight excluding hydrogens is 240 g/mol. The van der Waals surface area contributed by atoms with Crippen molar-refractivity contribution < 1.29 is 9.53 Å². The highest BCUT2D eigenvalue weighted by molar-refractivity contribution is 9.09. The van der Waals surface area contributed by atoms with Gasteiger partial charge in [-0.15, -0.1) is 0 Å². The maximum Gasteiger partial charge on any atom is 0.371 e. The molecule has 2 nitrogen and oxygen atoms in total. The molecule has 0 amide bonds. The zero-order chi connectivity index (χ0) is 9.40. The number of hydrogen-bond acceptors (Lipinski definition) is 3. The molecule has 12 heavy (non-hydrogen) atoms. The third kappa shape index (κ3) is 5.43. The highest BCUT2D eigenvalue weighted by Crippen LogP contribution is 2.22. The molecule has 0 unspecified atom stereocenters. The molecule has 68 valence electrons. The van der Waals surface area contributed by atoms with Crippen molar-refractivity contribution in [2.24, 2.45) is 0 Å². The molecule has 0 aromatic rings. The van der Waals surface area contributed by atoms with E-state index in [-0.39, 0.29) is 5.30 Å². The van der Waals surface area contributed by atoms with E-state index < -0.39 is 0 Å². The fourth-order valence-electron chi connectivity index (χ4n) is 0.542. The zero-order valence-electron chi connectivity index (χ0n) is 6.88. The topological polar surface area (TPSA) is 26.3 Å². The number of ether oxygens (including phenoxy) is 1. The van der Waals surface area contributed by atoms with Gasteiger partial charge in [0.25, 0.3) is 0 Å². The van der Waals surface area contributed by atoms with Crippen molar-refractivity contribution in [2.45, 2.75) is 6.42 Å². The highest BCUT2D eigenvalue weighted by atomic mass is 79.9. The van der Waals surface area contributed by atoms with Crippen LogP contribution >= 0.6 is 27.7 Å². The molecule has 0 rings (SSSR count). The van der Waals surface area contributed by atoms with Crippen molar-refractivity contribution >= 4 is 33.0 Å². The van der Waals surface area contributed by atoms with E-state index in [1.165, 1.54) is 7.11 Å². The predicted octanol–water partition coefficient (Wildman–Crippen LogP) is 3.34. The van der Waals surface area contributed by atoms with Gasteiger partial charge in [0.2, 0.25) is 0 Å². The van der Waals surface area contributed by atoms with Crippen molar-refractivity contribution in [1.29, 1.82) is 0 Å². The predicted molar refractivity (Wildman–Crippen MR) is 56.7 cm³/mol. The number of carbonyl (C=O) groups is 1. The van der Waals surface area contributed by atoms with E-state index in [0.717, 1.165) is 28.4 Å². The second kappa shape index (κ2) is 7.43. The molecule has 0 aliphatic rings. The summed E-state index contributed by atoms with van der Waals surface area (Å²) in [5, 5.41) is 0.542. The molecule has 0 N–H and O–H groups in total. The number of allylic oxidation sites excluding steroid dienone is 3. The number of hydrogen-bond donors (Lipinski definition) is 0. The lowest BCUT2D eigenvalue weighted by atomic mass is 10.4. The number of methoxy groups -OCH3 is 1. The molecule has 4 heteroatoms. The van der Waals surface area contributed by atoms with Gasteiger partial charge in [-0.25, -0.2) is 4.79 Å². The smallest absolute Gasteiger partial charge is 0.371 e. The summed E-state index contributed by atoms with van der Waals surface area (Å²) in [4.78, 5) is 11.8. The maximum atomic E-state index is 10.8. The fraction of sp³-hybridized carbons (Fsp3) is 0.375. The minimum atomic E-state index is -0.288. The van der Waals surface area contributed by atoms with Crippen LogP contribution in [-0.2, 0) is 4.74 Å². The van der Waals surface area contributed by atoms with Crippen molar-refractivity contribution in [3.05, 3.63) is 23.6 Å². The van der Waals surface area contributed by atoms with Gasteiger partial charge >= 0.3 is 5.30 Å². The van der Waals surface area contributed by atoms with E-state index in [1.807, 2.05) is 6.08 Å². The van der Waals surface area contributed by atoms with E-state index in [4.69, 9.17) is 0 Å². The van der Waals surface area contributed by atoms with Gasteiger partial charge in [0.05, 0.1) is 7.11 Å². The van der Waals surface area contributed by atoms with Crippen LogP contribution in [0.5, 0.6) is 0 Å². The Morgan fingerprint density at radius 2 is 2.42 bits per heavy atom. The summed E-state index contributed by atoms with van der Waals surface area (Å²) in [6.45, 7) is 3.56. The van der Waals surface area contributed by atoms with Gasteiger partial charge < -0.3 is 4.74 Å². The van der Waals surface area contributed by atoms with E-state index in [0.29, 0.717) is 0 Å². The first-order valence-electron chi connectivity index (χ1n) is 3.38. The zero-order valence-corrected chi connectivity index (χ0v) is 9.28. The summed E-state index contributed by atoms with van der Waals surface area (Å²) in [5.74, 6) is 0. The van der Waals surface area contributed by atoms with Gasteiger partial charge in [-0.1, -0.05) is 34.7 Å². The van der Waals surface area contributed by atoms with Crippen molar-refractivity contribution in [3.63, 3.8) is 0 Å². The van der Waals surface area contributed by atoms with Gasteiger partial charge in [-0.3, -0.25) is 0 Å². The summed E-state index contributed by atoms with van der Waals surface area (Å²) in [5.41, 5.74) is 0. The fourth-order valence-corrected chi connectivity index (χ4v) is 1.90. The van der Waals surface area contributed by atoms with Gasteiger partial charge in [-0.05, 0) is 23.1 Å². The van der Waals surface area contributed by atoms with E-state index in [2.05, 4.69) is 27.2 Å². The lowest BCUT2D eigenvalue weighted by molar-refractivity contribution is 0.200. The van der Waals surface area contributed by atoms with Crippen LogP contribution in [0.2, 0.25) is 0 Å². The first kappa shape index (κ1) is 11.8. The second-order valence-electron chi connectivity index (χ2n) is 1.86. The highest BCUT2D eigenvalue weighted by Gasteiger charge is 2.04. The molecule has 0 radical (unpaired) electrons. The third-order valence-electron chi connectivity index (χ3n) is 1.03. The molecule has 0 aromatic carbocycles. The molecule has 0 aromatic heterocycles. The monoisotopic (exact) mass is 250 g/mol. The van der Waals surface area contributed by atoms with Crippen molar-refractivity contribution in [1.82, 2.24) is 0 Å². The summed E-state index contributed by atoms with van der Waals surface area (Å²) >= 11 is 4.38. The minimum Gasteiger partial charge on any atom is -0.461 e. The Labute approximate surface area is 85.2 Å². The molecule has 0 atom stereocenters. The number of rotatable bonds is 4. The number of alkyl halides is 1. The van der Waals surface area contributed by atoms with Crippen LogP contribution in [-0.4, -0.2) is 17.7 Å². The quantitative estimate of drug-likeness (QED) is 0.435. The molecule has 0 saturated carbocycles. The molecule has 0 bridgehead atoms. The van der Waals surface area contributed by atoms with Gasteiger partial charge in [0.15, 0.2) is 0 Å². The van der Waals surface area contributed by atoms with E-state index in [1.54, 1.807) is 6.08 Å².